The Morgan fingerprint density at radius 1 is 1.89 bits per heavy atom. The van der Waals surface area contributed by atoms with Crippen LogP contribution in [0.3, 0.4) is 0 Å². The average Bonchev–Trinajstić information content (AvgIpc) is 2.17. The first-order valence-corrected chi connectivity index (χ1v) is 2.55. The summed E-state index contributed by atoms with van der Waals surface area (Å²) < 4.78 is 1.58. The Bertz CT molecular complexity index is 231. The lowest BCUT2D eigenvalue weighted by Crippen LogP contribution is -1.85. The minimum atomic E-state index is 0.341. The van der Waals surface area contributed by atoms with Gasteiger partial charge in [-0.25, -0.2) is 0 Å². The molecule has 1 aromatic rings. The van der Waals surface area contributed by atoms with E-state index in [9.17, 15) is 0 Å². The lowest BCUT2D eigenvalue weighted by Gasteiger charge is -1.77. The lowest BCUT2D eigenvalue weighted by molar-refractivity contribution is 0.714. The molecule has 0 amide bonds. The van der Waals surface area contributed by atoms with Crippen LogP contribution in [0.25, 0.3) is 0 Å². The van der Waals surface area contributed by atoms with Crippen LogP contribution in [0, 0.1) is 11.3 Å². The standard InChI is InChI=1S/C5H6N4/c1-9-4-5(2-3-6)7-8-9/h4H,2H2,1H3. The molecule has 0 unspecified atom stereocenters. The van der Waals surface area contributed by atoms with Crippen LogP contribution in [0.4, 0.5) is 0 Å². The van der Waals surface area contributed by atoms with E-state index in [4.69, 9.17) is 5.26 Å². The topological polar surface area (TPSA) is 54.5 Å². The number of hydrogen-bond acceptors (Lipinski definition) is 3. The van der Waals surface area contributed by atoms with Crippen molar-refractivity contribution in [3.63, 3.8) is 0 Å². The van der Waals surface area contributed by atoms with Crippen molar-refractivity contribution in [2.45, 2.75) is 6.42 Å². The molecule has 0 aliphatic carbocycles. The maximum atomic E-state index is 8.20. The van der Waals surface area contributed by atoms with Crippen molar-refractivity contribution in [1.29, 1.82) is 5.26 Å². The minimum Gasteiger partial charge on any atom is -0.255 e. The summed E-state index contributed by atoms with van der Waals surface area (Å²) in [7, 11) is 1.77. The van der Waals surface area contributed by atoms with Crippen LogP contribution in [0.2, 0.25) is 0 Å². The Kier molecular flexibility index (Phi) is 1.45. The quantitative estimate of drug-likeness (QED) is 0.521. The van der Waals surface area contributed by atoms with E-state index in [1.54, 1.807) is 17.9 Å². The second-order valence-corrected chi connectivity index (χ2v) is 1.72. The Labute approximate surface area is 52.7 Å². The molecule has 0 saturated carbocycles. The molecule has 0 atom stereocenters. The summed E-state index contributed by atoms with van der Waals surface area (Å²) in [6.45, 7) is 0. The van der Waals surface area contributed by atoms with Crippen molar-refractivity contribution >= 4 is 0 Å². The highest BCUT2D eigenvalue weighted by Gasteiger charge is 1.93. The molecule has 0 aliphatic heterocycles. The number of hydrogen-bond donors (Lipinski definition) is 0. The number of aromatic nitrogens is 3. The molecule has 4 heteroatoms. The van der Waals surface area contributed by atoms with Gasteiger partial charge in [0, 0.05) is 13.2 Å². The second-order valence-electron chi connectivity index (χ2n) is 1.72. The SMILES string of the molecule is Cn1cc(CC#N)nn1. The van der Waals surface area contributed by atoms with E-state index in [0.717, 1.165) is 5.69 Å². The smallest absolute Gasteiger partial charge is 0.0967 e. The highest BCUT2D eigenvalue weighted by atomic mass is 15.4. The molecule has 4 nitrogen and oxygen atoms in total. The van der Waals surface area contributed by atoms with Crippen molar-refractivity contribution < 1.29 is 0 Å². The predicted octanol–water partition coefficient (Wildman–Crippen LogP) is -0.119. The first-order chi connectivity index (χ1) is 4.33. The zero-order chi connectivity index (χ0) is 6.69. The van der Waals surface area contributed by atoms with Gasteiger partial charge in [-0.15, -0.1) is 5.10 Å². The Morgan fingerprint density at radius 2 is 2.67 bits per heavy atom. The van der Waals surface area contributed by atoms with Crippen molar-refractivity contribution in [3.05, 3.63) is 11.9 Å². The third kappa shape index (κ3) is 1.26. The van der Waals surface area contributed by atoms with Gasteiger partial charge in [0.05, 0.1) is 18.2 Å². The zero-order valence-electron chi connectivity index (χ0n) is 5.07. The maximum absolute atomic E-state index is 8.20. The van der Waals surface area contributed by atoms with Crippen molar-refractivity contribution in [3.8, 4) is 6.07 Å². The Morgan fingerprint density at radius 3 is 3.11 bits per heavy atom. The summed E-state index contributed by atoms with van der Waals surface area (Å²) in [6, 6.07) is 1.98. The van der Waals surface area contributed by atoms with Crippen LogP contribution >= 0.6 is 0 Å². The van der Waals surface area contributed by atoms with Crippen LogP contribution in [-0.2, 0) is 13.5 Å². The number of nitriles is 1. The predicted molar refractivity (Wildman–Crippen MR) is 30.3 cm³/mol. The van der Waals surface area contributed by atoms with E-state index in [0.29, 0.717) is 6.42 Å². The van der Waals surface area contributed by atoms with Crippen LogP contribution in [0.1, 0.15) is 5.69 Å². The molecular weight excluding hydrogens is 116 g/mol. The third-order valence-corrected chi connectivity index (χ3v) is 0.910. The van der Waals surface area contributed by atoms with Gasteiger partial charge in [0.2, 0.25) is 0 Å². The van der Waals surface area contributed by atoms with Crippen LogP contribution < -0.4 is 0 Å². The van der Waals surface area contributed by atoms with Gasteiger partial charge in [-0.2, -0.15) is 5.26 Å². The van der Waals surface area contributed by atoms with E-state index < -0.39 is 0 Å². The van der Waals surface area contributed by atoms with Crippen LogP contribution in [0.15, 0.2) is 6.20 Å². The van der Waals surface area contributed by atoms with E-state index >= 15 is 0 Å². The molecule has 1 heterocycles. The molecule has 0 saturated heterocycles. The Balaban J connectivity index is 2.76. The molecule has 1 rings (SSSR count). The normalized spacial score (nSPS) is 8.89. The molecule has 1 aromatic heterocycles. The largest absolute Gasteiger partial charge is 0.255 e. The molecule has 0 spiro atoms. The van der Waals surface area contributed by atoms with Gasteiger partial charge in [-0.05, 0) is 0 Å². The van der Waals surface area contributed by atoms with Crippen molar-refractivity contribution in [1.82, 2.24) is 15.0 Å². The summed E-state index contributed by atoms with van der Waals surface area (Å²) in [5.41, 5.74) is 0.722. The zero-order valence-corrected chi connectivity index (χ0v) is 5.07. The molecule has 9 heavy (non-hydrogen) atoms. The summed E-state index contributed by atoms with van der Waals surface area (Å²) in [4.78, 5) is 0. The van der Waals surface area contributed by atoms with Gasteiger partial charge in [-0.3, -0.25) is 4.68 Å². The molecular formula is C5H6N4. The maximum Gasteiger partial charge on any atom is 0.0967 e. The first-order valence-electron chi connectivity index (χ1n) is 2.55. The molecule has 46 valence electrons. The van der Waals surface area contributed by atoms with Gasteiger partial charge < -0.3 is 0 Å². The highest BCUT2D eigenvalue weighted by molar-refractivity contribution is 4.99. The van der Waals surface area contributed by atoms with Gasteiger partial charge >= 0.3 is 0 Å². The summed E-state index contributed by atoms with van der Waals surface area (Å²) in [6.07, 6.45) is 2.07. The van der Waals surface area contributed by atoms with Gasteiger partial charge in [0.1, 0.15) is 0 Å². The van der Waals surface area contributed by atoms with Gasteiger partial charge in [0.15, 0.2) is 0 Å². The molecule has 0 fully saturated rings. The van der Waals surface area contributed by atoms with E-state index in [2.05, 4.69) is 10.3 Å². The summed E-state index contributed by atoms with van der Waals surface area (Å²) in [5.74, 6) is 0. The molecule has 0 aliphatic rings. The third-order valence-electron chi connectivity index (χ3n) is 0.910. The van der Waals surface area contributed by atoms with Crippen LogP contribution in [0.5, 0.6) is 0 Å². The first kappa shape index (κ1) is 5.76. The number of nitrogens with zero attached hydrogens (tertiary/aromatic N) is 4. The van der Waals surface area contributed by atoms with Crippen molar-refractivity contribution in [2.75, 3.05) is 0 Å². The van der Waals surface area contributed by atoms with Crippen molar-refractivity contribution in [2.24, 2.45) is 7.05 Å². The Hall–Kier alpha value is -1.37. The molecule has 0 N–H and O–H groups in total. The molecule has 0 bridgehead atoms. The summed E-state index contributed by atoms with van der Waals surface area (Å²) >= 11 is 0. The monoisotopic (exact) mass is 122 g/mol. The van der Waals surface area contributed by atoms with E-state index in [1.165, 1.54) is 0 Å². The minimum absolute atomic E-state index is 0.341. The fraction of sp³-hybridized carbons (Fsp3) is 0.400. The molecule has 0 radical (unpaired) electrons. The number of aryl methyl sites for hydroxylation is 1. The summed E-state index contributed by atoms with van der Waals surface area (Å²) in [5, 5.41) is 15.5. The van der Waals surface area contributed by atoms with E-state index in [1.807, 2.05) is 6.07 Å². The average molecular weight is 122 g/mol. The highest BCUT2D eigenvalue weighted by Crippen LogP contribution is 1.89. The number of rotatable bonds is 1. The van der Waals surface area contributed by atoms with Crippen LogP contribution in [-0.4, -0.2) is 15.0 Å². The second kappa shape index (κ2) is 2.27. The fourth-order valence-corrected chi connectivity index (χ4v) is 0.557. The lowest BCUT2D eigenvalue weighted by atomic mass is 10.4. The van der Waals surface area contributed by atoms with Gasteiger partial charge in [0.25, 0.3) is 0 Å². The molecule has 0 aromatic carbocycles. The van der Waals surface area contributed by atoms with E-state index in [-0.39, 0.29) is 0 Å². The fourth-order valence-electron chi connectivity index (χ4n) is 0.557. The van der Waals surface area contributed by atoms with Gasteiger partial charge in [-0.1, -0.05) is 5.21 Å².